The lowest BCUT2D eigenvalue weighted by Crippen LogP contribution is -2.48. The molecule has 1 saturated heterocycles. The quantitative estimate of drug-likeness (QED) is 0.552. The van der Waals surface area contributed by atoms with E-state index in [-0.39, 0.29) is 11.4 Å². The molecule has 0 saturated carbocycles. The van der Waals surface area contributed by atoms with Crippen molar-refractivity contribution in [1.82, 2.24) is 9.42 Å². The van der Waals surface area contributed by atoms with Crippen molar-refractivity contribution in [2.75, 3.05) is 6.54 Å². The van der Waals surface area contributed by atoms with Crippen LogP contribution in [0.4, 0.5) is 4.79 Å². The maximum Gasteiger partial charge on any atom is 0.433 e. The van der Waals surface area contributed by atoms with Crippen molar-refractivity contribution in [2.45, 2.75) is 83.6 Å². The Bertz CT molecular complexity index is 843. The van der Waals surface area contributed by atoms with Crippen LogP contribution in [0, 0.1) is 12.8 Å². The summed E-state index contributed by atoms with van der Waals surface area (Å²) in [4.78, 5) is 25.8. The molecule has 1 unspecified atom stereocenters. The van der Waals surface area contributed by atoms with Gasteiger partial charge in [0.1, 0.15) is 5.60 Å². The number of sulfonamides is 1. The monoisotopic (exact) mass is 438 g/mol. The third kappa shape index (κ3) is 6.04. The highest BCUT2D eigenvalue weighted by molar-refractivity contribution is 7.89. The fourth-order valence-electron chi connectivity index (χ4n) is 3.36. The maximum atomic E-state index is 13.3. The summed E-state index contributed by atoms with van der Waals surface area (Å²) in [6.07, 6.45) is 4.72. The number of benzene rings is 1. The average molecular weight is 439 g/mol. The fraction of sp³-hybridized carbons (Fsp3) is 0.636. The number of unbranched alkanes of at least 4 members (excludes halogenated alkanes) is 4. The first-order valence-corrected chi connectivity index (χ1v) is 12.1. The summed E-state index contributed by atoms with van der Waals surface area (Å²) >= 11 is 0. The molecule has 1 aromatic carbocycles. The summed E-state index contributed by atoms with van der Waals surface area (Å²) in [7, 11) is -4.07. The third-order valence-corrected chi connectivity index (χ3v) is 6.71. The van der Waals surface area contributed by atoms with Gasteiger partial charge in [0.15, 0.2) is 0 Å². The largest absolute Gasteiger partial charge is 0.442 e. The minimum absolute atomic E-state index is 0.0399. The molecule has 1 heterocycles. The van der Waals surface area contributed by atoms with Gasteiger partial charge in [-0.2, -0.15) is 5.01 Å². The maximum absolute atomic E-state index is 13.3. The molecule has 0 aromatic heterocycles. The molecule has 2 rings (SSSR count). The van der Waals surface area contributed by atoms with Gasteiger partial charge in [0, 0.05) is 6.54 Å². The lowest BCUT2D eigenvalue weighted by molar-refractivity contribution is -0.134. The van der Waals surface area contributed by atoms with Gasteiger partial charge in [0.05, 0.1) is 10.8 Å². The average Bonchev–Trinajstić information content (AvgIpc) is 2.98. The lowest BCUT2D eigenvalue weighted by atomic mass is 10.0. The Balaban J connectivity index is 2.28. The van der Waals surface area contributed by atoms with Gasteiger partial charge in [0.2, 0.25) is 0 Å². The number of ether oxygens (including phenoxy) is 1. The molecule has 7 nitrogen and oxygen atoms in total. The van der Waals surface area contributed by atoms with Gasteiger partial charge >= 0.3 is 6.09 Å². The van der Waals surface area contributed by atoms with Crippen molar-refractivity contribution in [3.8, 4) is 0 Å². The van der Waals surface area contributed by atoms with Crippen molar-refractivity contribution in [3.05, 3.63) is 29.8 Å². The Morgan fingerprint density at radius 2 is 1.70 bits per heavy atom. The molecule has 0 bridgehead atoms. The van der Waals surface area contributed by atoms with E-state index in [1.807, 2.05) is 6.92 Å². The van der Waals surface area contributed by atoms with E-state index in [1.165, 1.54) is 12.1 Å². The van der Waals surface area contributed by atoms with Crippen molar-refractivity contribution in [2.24, 2.45) is 5.92 Å². The number of hydrogen-bond donors (Lipinski definition) is 0. The van der Waals surface area contributed by atoms with Gasteiger partial charge in [-0.15, -0.1) is 0 Å². The number of nitrogens with zero attached hydrogens (tertiary/aromatic N) is 2. The van der Waals surface area contributed by atoms with E-state index in [0.717, 1.165) is 42.1 Å². The highest BCUT2D eigenvalue weighted by Crippen LogP contribution is 2.31. The number of hydrazine groups is 1. The number of carbonyl (C=O) groups excluding carboxylic acids is 2. The molecule has 1 atom stereocenters. The normalized spacial score (nSPS) is 18.1. The van der Waals surface area contributed by atoms with E-state index in [0.29, 0.717) is 11.4 Å². The second-order valence-electron chi connectivity index (χ2n) is 8.85. The second kappa shape index (κ2) is 9.92. The molecule has 0 aliphatic carbocycles. The minimum Gasteiger partial charge on any atom is -0.442 e. The Labute approximate surface area is 180 Å². The smallest absolute Gasteiger partial charge is 0.433 e. The zero-order chi connectivity index (χ0) is 22.5. The van der Waals surface area contributed by atoms with E-state index in [2.05, 4.69) is 6.92 Å². The topological polar surface area (TPSA) is 84.0 Å². The number of hydrogen-bond acceptors (Lipinski definition) is 5. The molecule has 168 valence electrons. The van der Waals surface area contributed by atoms with Crippen LogP contribution < -0.4 is 0 Å². The van der Waals surface area contributed by atoms with Crippen molar-refractivity contribution < 1.29 is 22.7 Å². The molecular weight excluding hydrogens is 404 g/mol. The summed E-state index contributed by atoms with van der Waals surface area (Å²) in [5, 5.41) is 0.678. The Morgan fingerprint density at radius 3 is 2.27 bits per heavy atom. The standard InChI is InChI=1S/C22H34N2O5S/c1-6-7-8-9-10-11-18-16-23(24(20(18)25)21(26)29-22(3,4)5)30(27,28)19-14-12-17(2)13-15-19/h12-15,18H,6-11,16H2,1-5H3. The molecule has 0 N–H and O–H groups in total. The fourth-order valence-corrected chi connectivity index (χ4v) is 4.83. The SMILES string of the molecule is CCCCCCCC1CN(S(=O)(=O)c2ccc(C)cc2)N(C(=O)OC(C)(C)C)C1=O. The number of amides is 2. The van der Waals surface area contributed by atoms with Crippen molar-refractivity contribution in [1.29, 1.82) is 0 Å². The highest BCUT2D eigenvalue weighted by Gasteiger charge is 2.49. The van der Waals surface area contributed by atoms with E-state index in [9.17, 15) is 18.0 Å². The van der Waals surface area contributed by atoms with Gasteiger partial charge < -0.3 is 4.74 Å². The summed E-state index contributed by atoms with van der Waals surface area (Å²) in [6.45, 7) is 8.97. The zero-order valence-electron chi connectivity index (χ0n) is 18.7. The molecule has 2 amide bonds. The molecule has 1 aliphatic rings. The predicted molar refractivity (Wildman–Crippen MR) is 115 cm³/mol. The molecule has 30 heavy (non-hydrogen) atoms. The number of carbonyl (C=O) groups is 2. The predicted octanol–water partition coefficient (Wildman–Crippen LogP) is 4.65. The molecule has 1 fully saturated rings. The summed E-state index contributed by atoms with van der Waals surface area (Å²) in [5.41, 5.74) is 0.0648. The van der Waals surface area contributed by atoms with E-state index in [1.54, 1.807) is 32.9 Å². The molecule has 1 aliphatic heterocycles. The first-order valence-electron chi connectivity index (χ1n) is 10.6. The summed E-state index contributed by atoms with van der Waals surface area (Å²) < 4.78 is 32.7. The number of imide groups is 1. The number of aryl methyl sites for hydroxylation is 1. The van der Waals surface area contributed by atoms with Gasteiger partial charge in [-0.1, -0.05) is 61.1 Å². The minimum atomic E-state index is -4.07. The summed E-state index contributed by atoms with van der Waals surface area (Å²) in [6, 6.07) is 6.35. The van der Waals surface area contributed by atoms with E-state index < -0.39 is 33.5 Å². The van der Waals surface area contributed by atoms with Crippen LogP contribution in [0.2, 0.25) is 0 Å². The van der Waals surface area contributed by atoms with E-state index >= 15 is 0 Å². The van der Waals surface area contributed by atoms with Crippen molar-refractivity contribution >= 4 is 22.0 Å². The van der Waals surface area contributed by atoms with E-state index in [4.69, 9.17) is 4.74 Å². The van der Waals surface area contributed by atoms with Crippen LogP contribution in [0.3, 0.4) is 0 Å². The van der Waals surface area contributed by atoms with Gasteiger partial charge in [-0.05, 0) is 46.2 Å². The number of rotatable bonds is 8. The van der Waals surface area contributed by atoms with Crippen LogP contribution in [0.1, 0.15) is 71.8 Å². The Morgan fingerprint density at radius 1 is 1.10 bits per heavy atom. The Hall–Kier alpha value is -1.93. The van der Waals surface area contributed by atoms with Gasteiger partial charge in [0.25, 0.3) is 15.9 Å². The molecule has 8 heteroatoms. The van der Waals surface area contributed by atoms with Crippen LogP contribution in [-0.4, -0.2) is 42.0 Å². The first-order chi connectivity index (χ1) is 14.0. The third-order valence-electron chi connectivity index (χ3n) is 4.98. The molecule has 0 radical (unpaired) electrons. The lowest BCUT2D eigenvalue weighted by Gasteiger charge is -2.28. The molecule has 1 aromatic rings. The van der Waals surface area contributed by atoms with Crippen LogP contribution in [-0.2, 0) is 19.6 Å². The van der Waals surface area contributed by atoms with Crippen molar-refractivity contribution in [3.63, 3.8) is 0 Å². The van der Waals surface area contributed by atoms with Gasteiger partial charge in [-0.3, -0.25) is 4.79 Å². The highest BCUT2D eigenvalue weighted by atomic mass is 32.2. The zero-order valence-corrected chi connectivity index (χ0v) is 19.5. The Kier molecular flexibility index (Phi) is 8.05. The molecule has 0 spiro atoms. The molecular formula is C22H34N2O5S. The van der Waals surface area contributed by atoms with Crippen LogP contribution in [0.5, 0.6) is 0 Å². The summed E-state index contributed by atoms with van der Waals surface area (Å²) in [5.74, 6) is -1.07. The van der Waals surface area contributed by atoms with Crippen LogP contribution in [0.25, 0.3) is 0 Å². The van der Waals surface area contributed by atoms with Crippen LogP contribution in [0.15, 0.2) is 29.2 Å². The van der Waals surface area contributed by atoms with Gasteiger partial charge in [-0.25, -0.2) is 13.2 Å². The first kappa shape index (κ1) is 24.3. The second-order valence-corrected chi connectivity index (χ2v) is 10.7. The van der Waals surface area contributed by atoms with Crippen LogP contribution >= 0.6 is 0 Å².